The summed E-state index contributed by atoms with van der Waals surface area (Å²) in [5.41, 5.74) is 4.54. The molecule has 9 heteroatoms. The van der Waals surface area contributed by atoms with Crippen LogP contribution < -0.4 is 10.6 Å². The number of benzene rings is 2. The first-order valence-corrected chi connectivity index (χ1v) is 11.2. The van der Waals surface area contributed by atoms with E-state index in [4.69, 9.17) is 19.3 Å². The Bertz CT molecular complexity index is 1010. The quantitative estimate of drug-likeness (QED) is 0.516. The number of ether oxygens (including phenoxy) is 3. The highest BCUT2D eigenvalue weighted by Crippen LogP contribution is 2.44. The summed E-state index contributed by atoms with van der Waals surface area (Å²) >= 11 is 0. The zero-order valence-electron chi connectivity index (χ0n) is 18.9. The number of carbonyl (C=O) groups is 3. The van der Waals surface area contributed by atoms with Crippen LogP contribution in [0.4, 0.5) is 4.79 Å². The number of carboxylic acid groups (broad SMARTS) is 1. The monoisotopic (exact) mass is 468 g/mol. The van der Waals surface area contributed by atoms with Gasteiger partial charge in [0.2, 0.25) is 5.91 Å². The van der Waals surface area contributed by atoms with Crippen LogP contribution in [0.15, 0.2) is 48.5 Å². The second-order valence-electron chi connectivity index (χ2n) is 8.36. The van der Waals surface area contributed by atoms with E-state index in [1.54, 1.807) is 0 Å². The van der Waals surface area contributed by atoms with E-state index in [1.807, 2.05) is 36.4 Å². The lowest BCUT2D eigenvalue weighted by atomic mass is 9.98. The average molecular weight is 469 g/mol. The van der Waals surface area contributed by atoms with Crippen LogP contribution in [0.1, 0.15) is 29.9 Å². The smallest absolute Gasteiger partial charge is 0.407 e. The topological polar surface area (TPSA) is 123 Å². The summed E-state index contributed by atoms with van der Waals surface area (Å²) in [5, 5.41) is 14.5. The van der Waals surface area contributed by atoms with Crippen molar-refractivity contribution in [2.45, 2.75) is 37.0 Å². The van der Waals surface area contributed by atoms with Gasteiger partial charge in [0.1, 0.15) is 6.61 Å². The Balaban J connectivity index is 1.26. The van der Waals surface area contributed by atoms with Gasteiger partial charge in [-0.1, -0.05) is 48.5 Å². The maximum Gasteiger partial charge on any atom is 0.407 e. The van der Waals surface area contributed by atoms with Crippen molar-refractivity contribution in [2.75, 3.05) is 26.9 Å². The molecule has 2 aliphatic rings. The summed E-state index contributed by atoms with van der Waals surface area (Å²) in [6.45, 7) is 0.541. The van der Waals surface area contributed by atoms with Gasteiger partial charge in [0.25, 0.3) is 0 Å². The maximum absolute atomic E-state index is 12.4. The molecular weight excluding hydrogens is 440 g/mol. The number of hydrogen-bond donors (Lipinski definition) is 3. The second-order valence-corrected chi connectivity index (χ2v) is 8.36. The molecule has 1 aliphatic carbocycles. The van der Waals surface area contributed by atoms with Crippen LogP contribution >= 0.6 is 0 Å². The molecule has 0 bridgehead atoms. The lowest BCUT2D eigenvalue weighted by molar-refractivity contribution is -0.148. The molecule has 34 heavy (non-hydrogen) atoms. The van der Waals surface area contributed by atoms with E-state index in [-0.39, 0.29) is 38.0 Å². The van der Waals surface area contributed by atoms with Crippen LogP contribution in [0.5, 0.6) is 0 Å². The van der Waals surface area contributed by atoms with Gasteiger partial charge in [-0.15, -0.1) is 0 Å². The highest BCUT2D eigenvalue weighted by molar-refractivity contribution is 5.80. The van der Waals surface area contributed by atoms with E-state index in [0.29, 0.717) is 6.42 Å². The standard InChI is InChI=1S/C25H28N2O7/c1-32-15(12-22(28)27-21-10-11-33-23(21)24(29)30)13-26-25(31)34-14-20-18-8-4-2-6-16(18)17-7-3-5-9-19(17)20/h2-9,15,20-21,23H,10-14H2,1H3,(H,26,31)(H,27,28)(H,29,30)/t15?,21-,23+/m0/s1. The Hall–Kier alpha value is -3.43. The molecule has 3 atom stereocenters. The number of aliphatic carboxylic acids is 1. The highest BCUT2D eigenvalue weighted by Gasteiger charge is 2.35. The first kappa shape index (κ1) is 23.7. The van der Waals surface area contributed by atoms with Gasteiger partial charge in [0.05, 0.1) is 18.6 Å². The number of hydrogen-bond acceptors (Lipinski definition) is 6. The number of nitrogens with one attached hydrogen (secondary N) is 2. The van der Waals surface area contributed by atoms with E-state index in [1.165, 1.54) is 7.11 Å². The van der Waals surface area contributed by atoms with Crippen molar-refractivity contribution in [1.29, 1.82) is 0 Å². The molecule has 0 radical (unpaired) electrons. The number of carboxylic acids is 1. The zero-order valence-corrected chi connectivity index (χ0v) is 18.9. The Kier molecular flexibility index (Phi) is 7.44. The maximum atomic E-state index is 12.4. The Morgan fingerprint density at radius 3 is 2.35 bits per heavy atom. The minimum absolute atomic E-state index is 0.0387. The predicted molar refractivity (Wildman–Crippen MR) is 122 cm³/mol. The summed E-state index contributed by atoms with van der Waals surface area (Å²) in [5.74, 6) is -1.52. The average Bonchev–Trinajstić information content (AvgIpc) is 3.43. The summed E-state index contributed by atoms with van der Waals surface area (Å²) in [4.78, 5) is 35.9. The highest BCUT2D eigenvalue weighted by atomic mass is 16.5. The minimum Gasteiger partial charge on any atom is -0.479 e. The Morgan fingerprint density at radius 2 is 1.74 bits per heavy atom. The molecule has 0 aromatic heterocycles. The van der Waals surface area contributed by atoms with Crippen LogP contribution in [0, 0.1) is 0 Å². The van der Waals surface area contributed by atoms with Gasteiger partial charge >= 0.3 is 12.1 Å². The van der Waals surface area contributed by atoms with Gasteiger partial charge in [-0.3, -0.25) is 4.79 Å². The number of carbonyl (C=O) groups excluding carboxylic acids is 2. The normalized spacial score (nSPS) is 19.7. The molecule has 0 spiro atoms. The molecule has 1 unspecified atom stereocenters. The van der Waals surface area contributed by atoms with Crippen molar-refractivity contribution >= 4 is 18.0 Å². The molecule has 1 aliphatic heterocycles. The van der Waals surface area contributed by atoms with Gasteiger partial charge in [0, 0.05) is 26.2 Å². The first-order valence-electron chi connectivity index (χ1n) is 11.2. The third kappa shape index (κ3) is 5.21. The van der Waals surface area contributed by atoms with Crippen molar-refractivity contribution in [3.05, 3.63) is 59.7 Å². The number of methoxy groups -OCH3 is 1. The molecule has 180 valence electrons. The number of fused-ring (bicyclic) bond motifs is 3. The Labute approximate surface area is 197 Å². The summed E-state index contributed by atoms with van der Waals surface area (Å²) in [6, 6.07) is 15.6. The number of rotatable bonds is 9. The molecule has 1 heterocycles. The van der Waals surface area contributed by atoms with Gasteiger partial charge < -0.3 is 30.0 Å². The fourth-order valence-corrected chi connectivity index (χ4v) is 4.54. The van der Waals surface area contributed by atoms with Crippen molar-refractivity contribution < 1.29 is 33.7 Å². The van der Waals surface area contributed by atoms with Crippen molar-refractivity contribution in [1.82, 2.24) is 10.6 Å². The van der Waals surface area contributed by atoms with E-state index in [2.05, 4.69) is 22.8 Å². The number of amides is 2. The zero-order chi connectivity index (χ0) is 24.1. The Morgan fingerprint density at radius 1 is 1.09 bits per heavy atom. The molecule has 1 saturated heterocycles. The first-order chi connectivity index (χ1) is 16.5. The van der Waals surface area contributed by atoms with Gasteiger partial charge in [-0.2, -0.15) is 0 Å². The largest absolute Gasteiger partial charge is 0.479 e. The fraction of sp³-hybridized carbons (Fsp3) is 0.400. The molecule has 3 N–H and O–H groups in total. The lowest BCUT2D eigenvalue weighted by Crippen LogP contribution is -2.46. The molecule has 2 aromatic rings. The summed E-state index contributed by atoms with van der Waals surface area (Å²) in [7, 11) is 1.44. The third-order valence-electron chi connectivity index (χ3n) is 6.25. The lowest BCUT2D eigenvalue weighted by Gasteiger charge is -2.20. The summed E-state index contributed by atoms with van der Waals surface area (Å²) < 4.78 is 15.9. The SMILES string of the molecule is COC(CNC(=O)OCC1c2ccccc2-c2ccccc21)CC(=O)N[C@H]1CCO[C@H]1C(=O)O. The number of alkyl carbamates (subject to hydrolysis) is 1. The molecule has 9 nitrogen and oxygen atoms in total. The van der Waals surface area contributed by atoms with Gasteiger partial charge in [0.15, 0.2) is 6.10 Å². The molecule has 1 fully saturated rings. The van der Waals surface area contributed by atoms with Crippen molar-refractivity contribution in [3.63, 3.8) is 0 Å². The molecule has 4 rings (SSSR count). The minimum atomic E-state index is -1.11. The van der Waals surface area contributed by atoms with Gasteiger partial charge in [-0.25, -0.2) is 9.59 Å². The van der Waals surface area contributed by atoms with E-state index >= 15 is 0 Å². The van der Waals surface area contributed by atoms with E-state index in [0.717, 1.165) is 22.3 Å². The van der Waals surface area contributed by atoms with Crippen LogP contribution in [-0.4, -0.2) is 68.2 Å². The van der Waals surface area contributed by atoms with Crippen LogP contribution in [0.3, 0.4) is 0 Å². The second kappa shape index (κ2) is 10.7. The van der Waals surface area contributed by atoms with Crippen molar-refractivity contribution in [3.8, 4) is 11.1 Å². The van der Waals surface area contributed by atoms with Gasteiger partial charge in [-0.05, 0) is 28.7 Å². The molecule has 2 amide bonds. The van der Waals surface area contributed by atoms with E-state index in [9.17, 15) is 14.4 Å². The fourth-order valence-electron chi connectivity index (χ4n) is 4.54. The van der Waals surface area contributed by atoms with E-state index < -0.39 is 30.3 Å². The van der Waals surface area contributed by atoms with Crippen LogP contribution in [-0.2, 0) is 23.8 Å². The van der Waals surface area contributed by atoms with Crippen molar-refractivity contribution in [2.24, 2.45) is 0 Å². The van der Waals surface area contributed by atoms with Crippen LogP contribution in [0.2, 0.25) is 0 Å². The molecule has 0 saturated carbocycles. The predicted octanol–water partition coefficient (Wildman–Crippen LogP) is 2.29. The summed E-state index contributed by atoms with van der Waals surface area (Å²) in [6.07, 6.45) is -1.85. The molecule has 2 aromatic carbocycles. The van der Waals surface area contributed by atoms with Crippen LogP contribution in [0.25, 0.3) is 11.1 Å². The third-order valence-corrected chi connectivity index (χ3v) is 6.25. The molecular formula is C25H28N2O7.